The summed E-state index contributed by atoms with van der Waals surface area (Å²) in [6, 6.07) is 0. The molecule has 16 heavy (non-hydrogen) atoms. The number of H-pyrrole nitrogens is 1. The van der Waals surface area contributed by atoms with Crippen molar-refractivity contribution in [2.75, 3.05) is 7.05 Å². The predicted molar refractivity (Wildman–Crippen MR) is 61.6 cm³/mol. The molecule has 1 N–H and O–H groups in total. The van der Waals surface area contributed by atoms with Gasteiger partial charge in [-0.3, -0.25) is 9.89 Å². The first kappa shape index (κ1) is 12.7. The fraction of sp³-hybridized carbons (Fsp3) is 0.727. The summed E-state index contributed by atoms with van der Waals surface area (Å²) in [7, 11) is 1.78. The lowest BCUT2D eigenvalue weighted by Crippen LogP contribution is -2.33. The summed E-state index contributed by atoms with van der Waals surface area (Å²) in [6.07, 6.45) is 0. The molecule has 0 aromatic carbocycles. The summed E-state index contributed by atoms with van der Waals surface area (Å²) < 4.78 is 0. The van der Waals surface area contributed by atoms with Gasteiger partial charge in [-0.05, 0) is 12.8 Å². The Bertz CT molecular complexity index is 359. The van der Waals surface area contributed by atoms with Gasteiger partial charge in [-0.15, -0.1) is 0 Å². The summed E-state index contributed by atoms with van der Waals surface area (Å²) in [5, 5.41) is 6.78. The summed E-state index contributed by atoms with van der Waals surface area (Å²) in [5.41, 5.74) is 0. The number of aromatic amines is 1. The SMILES string of the molecule is Cc1nc(CN(C)C(=O)C(C)C(C)C)n[nH]1. The first-order valence-electron chi connectivity index (χ1n) is 5.54. The molecule has 1 rings (SSSR count). The molecule has 1 amide bonds. The van der Waals surface area contributed by atoms with Gasteiger partial charge in [0.1, 0.15) is 5.82 Å². The Morgan fingerprint density at radius 1 is 1.44 bits per heavy atom. The van der Waals surface area contributed by atoms with Gasteiger partial charge < -0.3 is 4.90 Å². The van der Waals surface area contributed by atoms with E-state index in [1.54, 1.807) is 11.9 Å². The van der Waals surface area contributed by atoms with Crippen LogP contribution in [0.25, 0.3) is 0 Å². The molecular weight excluding hydrogens is 204 g/mol. The lowest BCUT2D eigenvalue weighted by Gasteiger charge is -2.22. The highest BCUT2D eigenvalue weighted by atomic mass is 16.2. The van der Waals surface area contributed by atoms with Crippen LogP contribution in [0.2, 0.25) is 0 Å². The van der Waals surface area contributed by atoms with Crippen LogP contribution in [-0.2, 0) is 11.3 Å². The fourth-order valence-corrected chi connectivity index (χ4v) is 1.38. The topological polar surface area (TPSA) is 61.9 Å². The predicted octanol–water partition coefficient (Wildman–Crippen LogP) is 1.36. The molecule has 1 unspecified atom stereocenters. The van der Waals surface area contributed by atoms with E-state index in [4.69, 9.17) is 0 Å². The number of rotatable bonds is 4. The highest BCUT2D eigenvalue weighted by Gasteiger charge is 2.21. The van der Waals surface area contributed by atoms with E-state index in [2.05, 4.69) is 15.2 Å². The summed E-state index contributed by atoms with van der Waals surface area (Å²) in [4.78, 5) is 17.8. The van der Waals surface area contributed by atoms with Crippen LogP contribution in [0, 0.1) is 18.8 Å². The van der Waals surface area contributed by atoms with Crippen molar-refractivity contribution in [3.8, 4) is 0 Å². The Labute approximate surface area is 96.3 Å². The standard InChI is InChI=1S/C11H20N4O/c1-7(2)8(3)11(16)15(5)6-10-12-9(4)13-14-10/h7-8H,6H2,1-5H3,(H,12,13,14). The van der Waals surface area contributed by atoms with Gasteiger partial charge in [0, 0.05) is 13.0 Å². The maximum Gasteiger partial charge on any atom is 0.225 e. The quantitative estimate of drug-likeness (QED) is 0.840. The highest BCUT2D eigenvalue weighted by Crippen LogP contribution is 2.13. The van der Waals surface area contributed by atoms with Crippen molar-refractivity contribution in [1.82, 2.24) is 20.1 Å². The minimum atomic E-state index is 0.0324. The monoisotopic (exact) mass is 224 g/mol. The van der Waals surface area contributed by atoms with Gasteiger partial charge in [-0.25, -0.2) is 4.98 Å². The minimum absolute atomic E-state index is 0.0324. The molecule has 5 heteroatoms. The van der Waals surface area contributed by atoms with E-state index in [9.17, 15) is 4.79 Å². The maximum absolute atomic E-state index is 12.0. The normalized spacial score (nSPS) is 12.9. The number of aryl methyl sites for hydroxylation is 1. The van der Waals surface area contributed by atoms with E-state index in [0.29, 0.717) is 18.3 Å². The smallest absolute Gasteiger partial charge is 0.225 e. The second-order valence-corrected chi connectivity index (χ2v) is 4.56. The first-order valence-corrected chi connectivity index (χ1v) is 5.54. The van der Waals surface area contributed by atoms with Crippen molar-refractivity contribution in [3.63, 3.8) is 0 Å². The van der Waals surface area contributed by atoms with Crippen LogP contribution in [0.5, 0.6) is 0 Å². The molecule has 0 aliphatic carbocycles. The van der Waals surface area contributed by atoms with Crippen molar-refractivity contribution in [1.29, 1.82) is 0 Å². The van der Waals surface area contributed by atoms with Crippen molar-refractivity contribution in [2.24, 2.45) is 11.8 Å². The molecular formula is C11H20N4O. The number of hydrogen-bond donors (Lipinski definition) is 1. The van der Waals surface area contributed by atoms with Gasteiger partial charge >= 0.3 is 0 Å². The van der Waals surface area contributed by atoms with E-state index in [0.717, 1.165) is 5.82 Å². The van der Waals surface area contributed by atoms with Crippen LogP contribution in [0.4, 0.5) is 0 Å². The van der Waals surface area contributed by atoms with Crippen LogP contribution < -0.4 is 0 Å². The summed E-state index contributed by atoms with van der Waals surface area (Å²) in [6.45, 7) is 8.35. The number of aromatic nitrogens is 3. The van der Waals surface area contributed by atoms with Gasteiger partial charge in [-0.2, -0.15) is 5.10 Å². The highest BCUT2D eigenvalue weighted by molar-refractivity contribution is 5.78. The summed E-state index contributed by atoms with van der Waals surface area (Å²) in [5.74, 6) is 1.95. The Balaban J connectivity index is 2.58. The van der Waals surface area contributed by atoms with Crippen molar-refractivity contribution in [2.45, 2.75) is 34.2 Å². The molecule has 0 saturated carbocycles. The molecule has 0 spiro atoms. The second kappa shape index (κ2) is 5.09. The van der Waals surface area contributed by atoms with Crippen LogP contribution in [0.15, 0.2) is 0 Å². The van der Waals surface area contributed by atoms with Gasteiger partial charge in [-0.1, -0.05) is 20.8 Å². The number of carbonyl (C=O) groups excluding carboxylic acids is 1. The third kappa shape index (κ3) is 3.05. The zero-order valence-corrected chi connectivity index (χ0v) is 10.6. The van der Waals surface area contributed by atoms with Gasteiger partial charge in [0.25, 0.3) is 0 Å². The van der Waals surface area contributed by atoms with Crippen LogP contribution in [-0.4, -0.2) is 33.0 Å². The summed E-state index contributed by atoms with van der Waals surface area (Å²) >= 11 is 0. The molecule has 0 radical (unpaired) electrons. The van der Waals surface area contributed by atoms with Crippen molar-refractivity contribution >= 4 is 5.91 Å². The van der Waals surface area contributed by atoms with Crippen molar-refractivity contribution < 1.29 is 4.79 Å². The van der Waals surface area contributed by atoms with E-state index in [1.807, 2.05) is 27.7 Å². The average Bonchev–Trinajstić information content (AvgIpc) is 2.61. The largest absolute Gasteiger partial charge is 0.338 e. The molecule has 1 aromatic heterocycles. The molecule has 0 aliphatic rings. The zero-order chi connectivity index (χ0) is 12.3. The fourth-order valence-electron chi connectivity index (χ4n) is 1.38. The van der Waals surface area contributed by atoms with Crippen LogP contribution in [0.1, 0.15) is 32.4 Å². The van der Waals surface area contributed by atoms with Crippen LogP contribution >= 0.6 is 0 Å². The number of amides is 1. The van der Waals surface area contributed by atoms with Crippen molar-refractivity contribution in [3.05, 3.63) is 11.6 Å². The number of nitrogens with one attached hydrogen (secondary N) is 1. The molecule has 5 nitrogen and oxygen atoms in total. The zero-order valence-electron chi connectivity index (χ0n) is 10.6. The van der Waals surface area contributed by atoms with Crippen LogP contribution in [0.3, 0.4) is 0 Å². The molecule has 1 atom stereocenters. The number of hydrogen-bond acceptors (Lipinski definition) is 3. The minimum Gasteiger partial charge on any atom is -0.338 e. The lowest BCUT2D eigenvalue weighted by atomic mass is 9.97. The molecule has 0 saturated heterocycles. The van der Waals surface area contributed by atoms with E-state index in [-0.39, 0.29) is 11.8 Å². The van der Waals surface area contributed by atoms with Gasteiger partial charge in [0.05, 0.1) is 6.54 Å². The number of carbonyl (C=O) groups is 1. The Kier molecular flexibility index (Phi) is 4.04. The molecule has 1 heterocycles. The Morgan fingerprint density at radius 3 is 2.50 bits per heavy atom. The lowest BCUT2D eigenvalue weighted by molar-refractivity contribution is -0.135. The third-order valence-electron chi connectivity index (χ3n) is 2.79. The molecule has 0 fully saturated rings. The third-order valence-corrected chi connectivity index (χ3v) is 2.79. The first-order chi connectivity index (χ1) is 7.41. The van der Waals surface area contributed by atoms with Gasteiger partial charge in [0.15, 0.2) is 5.82 Å². The Morgan fingerprint density at radius 2 is 2.06 bits per heavy atom. The Hall–Kier alpha value is -1.39. The average molecular weight is 224 g/mol. The molecule has 0 bridgehead atoms. The molecule has 90 valence electrons. The van der Waals surface area contributed by atoms with E-state index in [1.165, 1.54) is 0 Å². The number of nitrogens with zero attached hydrogens (tertiary/aromatic N) is 3. The van der Waals surface area contributed by atoms with E-state index < -0.39 is 0 Å². The van der Waals surface area contributed by atoms with E-state index >= 15 is 0 Å². The maximum atomic E-state index is 12.0. The second-order valence-electron chi connectivity index (χ2n) is 4.56. The van der Waals surface area contributed by atoms with Gasteiger partial charge in [0.2, 0.25) is 5.91 Å². The molecule has 1 aromatic rings. The molecule has 0 aliphatic heterocycles.